The highest BCUT2D eigenvalue weighted by Gasteiger charge is 2.33. The highest BCUT2D eigenvalue weighted by atomic mass is 19.1. The van der Waals surface area contributed by atoms with Gasteiger partial charge in [0.1, 0.15) is 30.0 Å². The molecule has 1 aliphatic rings. The standard InChI is InChI=1S/C31H32F2N6O3/c1-42-25-17-11-21(12-18-25)19-38(28(40)20-39-36-30(35-37-39)26-9-5-6-10-27(26)33)29(22-13-15-23(32)16-14-22)31(41)34-24-7-3-2-4-8-24/h5-6,9-18,24,29H,2-4,7-8,19-20H2,1H3,(H,34,41). The number of carbonyl (C=O) groups excluding carboxylic acids is 2. The summed E-state index contributed by atoms with van der Waals surface area (Å²) < 4.78 is 33.5. The Morgan fingerprint density at radius 2 is 1.71 bits per heavy atom. The molecule has 0 spiro atoms. The normalized spacial score (nSPS) is 14.3. The Kier molecular flexibility index (Phi) is 9.15. The third kappa shape index (κ3) is 6.96. The SMILES string of the molecule is COc1ccc(CN(C(=O)Cn2nnc(-c3ccccc3F)n2)C(C(=O)NC2CCCCC2)c2ccc(F)cc2)cc1. The summed E-state index contributed by atoms with van der Waals surface area (Å²) >= 11 is 0. The molecule has 0 aliphatic heterocycles. The molecule has 1 N–H and O–H groups in total. The van der Waals surface area contributed by atoms with Crippen molar-refractivity contribution in [2.45, 2.75) is 57.3 Å². The third-order valence-corrected chi connectivity index (χ3v) is 7.37. The van der Waals surface area contributed by atoms with Gasteiger partial charge >= 0.3 is 0 Å². The van der Waals surface area contributed by atoms with Gasteiger partial charge in [-0.3, -0.25) is 9.59 Å². The second-order valence-electron chi connectivity index (χ2n) is 10.3. The van der Waals surface area contributed by atoms with Crippen LogP contribution in [0.4, 0.5) is 8.78 Å². The zero-order chi connectivity index (χ0) is 29.5. The molecule has 0 saturated heterocycles. The number of halogens is 2. The van der Waals surface area contributed by atoms with Gasteiger partial charge in [0.2, 0.25) is 17.6 Å². The fraction of sp³-hybridized carbons (Fsp3) is 0.323. The smallest absolute Gasteiger partial charge is 0.247 e. The molecule has 2 amide bonds. The summed E-state index contributed by atoms with van der Waals surface area (Å²) in [6, 6.07) is 17.7. The molecule has 1 aliphatic carbocycles. The first kappa shape index (κ1) is 28.8. The summed E-state index contributed by atoms with van der Waals surface area (Å²) in [6.45, 7) is -0.288. The van der Waals surface area contributed by atoms with Crippen molar-refractivity contribution in [3.05, 3.63) is 95.6 Å². The summed E-state index contributed by atoms with van der Waals surface area (Å²) in [6.07, 6.45) is 4.87. The Morgan fingerprint density at radius 3 is 2.40 bits per heavy atom. The number of aromatic nitrogens is 4. The second-order valence-corrected chi connectivity index (χ2v) is 10.3. The molecule has 11 heteroatoms. The average Bonchev–Trinajstić information content (AvgIpc) is 3.47. The van der Waals surface area contributed by atoms with Gasteiger partial charge in [-0.05, 0) is 65.6 Å². The number of rotatable bonds is 10. The summed E-state index contributed by atoms with van der Waals surface area (Å²) in [5, 5.41) is 15.2. The average molecular weight is 575 g/mol. The lowest BCUT2D eigenvalue weighted by molar-refractivity contribution is -0.142. The largest absolute Gasteiger partial charge is 0.497 e. The van der Waals surface area contributed by atoms with Gasteiger partial charge in [0.25, 0.3) is 0 Å². The number of tetrazole rings is 1. The molecule has 1 saturated carbocycles. The molecule has 1 aromatic heterocycles. The number of amides is 2. The van der Waals surface area contributed by atoms with Gasteiger partial charge < -0.3 is 15.0 Å². The van der Waals surface area contributed by atoms with Crippen molar-refractivity contribution in [2.75, 3.05) is 7.11 Å². The highest BCUT2D eigenvalue weighted by Crippen LogP contribution is 2.27. The Balaban J connectivity index is 1.48. The molecule has 1 heterocycles. The Morgan fingerprint density at radius 1 is 1.00 bits per heavy atom. The topological polar surface area (TPSA) is 102 Å². The minimum Gasteiger partial charge on any atom is -0.497 e. The molecule has 3 aromatic carbocycles. The maximum atomic E-state index is 14.3. The lowest BCUT2D eigenvalue weighted by Crippen LogP contribution is -2.47. The van der Waals surface area contributed by atoms with E-state index in [1.807, 2.05) is 12.1 Å². The summed E-state index contributed by atoms with van der Waals surface area (Å²) in [5.74, 6) is -1.11. The van der Waals surface area contributed by atoms with Crippen LogP contribution in [-0.2, 0) is 22.7 Å². The van der Waals surface area contributed by atoms with Crippen LogP contribution in [0, 0.1) is 11.6 Å². The van der Waals surface area contributed by atoms with E-state index in [0.717, 1.165) is 42.5 Å². The molecule has 0 bridgehead atoms. The zero-order valence-electron chi connectivity index (χ0n) is 23.2. The Labute approximate surface area is 242 Å². The van der Waals surface area contributed by atoms with Gasteiger partial charge in [-0.2, -0.15) is 4.80 Å². The summed E-state index contributed by atoms with van der Waals surface area (Å²) in [5.41, 5.74) is 1.37. The van der Waals surface area contributed by atoms with E-state index in [2.05, 4.69) is 20.7 Å². The van der Waals surface area contributed by atoms with Gasteiger partial charge in [-0.1, -0.05) is 55.7 Å². The van der Waals surface area contributed by atoms with E-state index in [0.29, 0.717) is 11.3 Å². The number of benzene rings is 3. The van der Waals surface area contributed by atoms with E-state index in [4.69, 9.17) is 4.74 Å². The first-order chi connectivity index (χ1) is 20.4. The molecule has 1 unspecified atom stereocenters. The first-order valence-electron chi connectivity index (χ1n) is 13.9. The quantitative estimate of drug-likeness (QED) is 0.291. The van der Waals surface area contributed by atoms with Crippen molar-refractivity contribution in [1.29, 1.82) is 0 Å². The number of hydrogen-bond donors (Lipinski definition) is 1. The molecule has 9 nitrogen and oxygen atoms in total. The van der Waals surface area contributed by atoms with Crippen LogP contribution >= 0.6 is 0 Å². The van der Waals surface area contributed by atoms with Crippen LogP contribution in [0.3, 0.4) is 0 Å². The predicted octanol–water partition coefficient (Wildman–Crippen LogP) is 4.85. The number of ether oxygens (including phenoxy) is 1. The lowest BCUT2D eigenvalue weighted by Gasteiger charge is -2.33. The molecule has 1 atom stereocenters. The minimum atomic E-state index is -1.06. The van der Waals surface area contributed by atoms with E-state index in [1.54, 1.807) is 31.4 Å². The second kappa shape index (κ2) is 13.3. The fourth-order valence-electron chi connectivity index (χ4n) is 5.17. The molecular weight excluding hydrogens is 542 g/mol. The van der Waals surface area contributed by atoms with Gasteiger partial charge in [0.15, 0.2) is 0 Å². The molecule has 4 aromatic rings. The van der Waals surface area contributed by atoms with Crippen LogP contribution in [0.25, 0.3) is 11.4 Å². The van der Waals surface area contributed by atoms with Gasteiger partial charge in [0, 0.05) is 12.6 Å². The van der Waals surface area contributed by atoms with Gasteiger partial charge in [-0.25, -0.2) is 8.78 Å². The van der Waals surface area contributed by atoms with Crippen molar-refractivity contribution in [3.63, 3.8) is 0 Å². The number of methoxy groups -OCH3 is 1. The van der Waals surface area contributed by atoms with Crippen LogP contribution in [-0.4, -0.2) is 50.1 Å². The van der Waals surface area contributed by atoms with Crippen LogP contribution < -0.4 is 10.1 Å². The zero-order valence-corrected chi connectivity index (χ0v) is 23.2. The first-order valence-corrected chi connectivity index (χ1v) is 13.9. The van der Waals surface area contributed by atoms with Gasteiger partial charge in [0.05, 0.1) is 12.7 Å². The fourth-order valence-corrected chi connectivity index (χ4v) is 5.17. The number of carbonyl (C=O) groups is 2. The number of hydrogen-bond acceptors (Lipinski definition) is 6. The highest BCUT2D eigenvalue weighted by molar-refractivity contribution is 5.89. The summed E-state index contributed by atoms with van der Waals surface area (Å²) in [4.78, 5) is 30.4. The minimum absolute atomic E-state index is 0.00699. The maximum Gasteiger partial charge on any atom is 0.247 e. The Bertz CT molecular complexity index is 1500. The predicted molar refractivity (Wildman–Crippen MR) is 151 cm³/mol. The van der Waals surface area contributed by atoms with Crippen molar-refractivity contribution in [3.8, 4) is 17.1 Å². The van der Waals surface area contributed by atoms with E-state index < -0.39 is 23.6 Å². The van der Waals surface area contributed by atoms with E-state index in [1.165, 1.54) is 41.3 Å². The lowest BCUT2D eigenvalue weighted by atomic mass is 9.94. The third-order valence-electron chi connectivity index (χ3n) is 7.37. The van der Waals surface area contributed by atoms with Crippen LogP contribution in [0.5, 0.6) is 5.75 Å². The number of nitrogens with zero attached hydrogens (tertiary/aromatic N) is 5. The van der Waals surface area contributed by atoms with Crippen molar-refractivity contribution in [1.82, 2.24) is 30.4 Å². The Hall–Kier alpha value is -4.67. The van der Waals surface area contributed by atoms with E-state index in [9.17, 15) is 18.4 Å². The van der Waals surface area contributed by atoms with Crippen LogP contribution in [0.1, 0.15) is 49.3 Å². The molecule has 1 fully saturated rings. The van der Waals surface area contributed by atoms with E-state index in [-0.39, 0.29) is 36.4 Å². The van der Waals surface area contributed by atoms with Crippen molar-refractivity contribution < 1.29 is 23.1 Å². The van der Waals surface area contributed by atoms with E-state index >= 15 is 0 Å². The van der Waals surface area contributed by atoms with Crippen molar-refractivity contribution >= 4 is 11.8 Å². The molecule has 0 radical (unpaired) electrons. The molecule has 218 valence electrons. The van der Waals surface area contributed by atoms with Crippen LogP contribution in [0.2, 0.25) is 0 Å². The van der Waals surface area contributed by atoms with Crippen molar-refractivity contribution in [2.24, 2.45) is 0 Å². The molecule has 42 heavy (non-hydrogen) atoms. The molecular formula is C31H32F2N6O3. The maximum absolute atomic E-state index is 14.3. The summed E-state index contributed by atoms with van der Waals surface area (Å²) in [7, 11) is 1.56. The number of nitrogens with one attached hydrogen (secondary N) is 1. The van der Waals surface area contributed by atoms with Crippen LogP contribution in [0.15, 0.2) is 72.8 Å². The monoisotopic (exact) mass is 574 g/mol. The van der Waals surface area contributed by atoms with Gasteiger partial charge in [-0.15, -0.1) is 10.2 Å². The molecule has 5 rings (SSSR count).